The largest absolute Gasteiger partial charge is 0.472 e. The van der Waals surface area contributed by atoms with Crippen molar-refractivity contribution < 1.29 is 42.1 Å². The van der Waals surface area contributed by atoms with Gasteiger partial charge in [-0.25, -0.2) is 4.57 Å². The first-order valence-corrected chi connectivity index (χ1v) is 30.5. The van der Waals surface area contributed by atoms with Gasteiger partial charge in [-0.3, -0.25) is 18.6 Å². The van der Waals surface area contributed by atoms with E-state index in [1.807, 2.05) is 21.1 Å². The van der Waals surface area contributed by atoms with Gasteiger partial charge in [0.15, 0.2) is 6.10 Å². The van der Waals surface area contributed by atoms with Crippen LogP contribution in [0.2, 0.25) is 0 Å². The number of allylic oxidation sites excluding steroid dienone is 16. The average molecular weight is 1030 g/mol. The van der Waals surface area contributed by atoms with E-state index in [9.17, 15) is 19.0 Å². The minimum Gasteiger partial charge on any atom is -0.462 e. The van der Waals surface area contributed by atoms with E-state index >= 15 is 0 Å². The van der Waals surface area contributed by atoms with E-state index in [4.69, 9.17) is 18.5 Å². The highest BCUT2D eigenvalue weighted by molar-refractivity contribution is 7.47. The number of hydrogen-bond donors (Lipinski definition) is 1. The first-order chi connectivity index (χ1) is 35.0. The summed E-state index contributed by atoms with van der Waals surface area (Å²) < 4.78 is 34.6. The molecule has 2 atom stereocenters. The van der Waals surface area contributed by atoms with Gasteiger partial charge in [-0.2, -0.15) is 0 Å². The van der Waals surface area contributed by atoms with E-state index < -0.39 is 26.5 Å². The highest BCUT2D eigenvalue weighted by Gasteiger charge is 2.27. The molecular formula is C62H109NO8P+. The molecule has 1 N–H and O–H groups in total. The Morgan fingerprint density at radius 2 is 0.792 bits per heavy atom. The Hall–Kier alpha value is -3.07. The molecule has 9 nitrogen and oxygen atoms in total. The lowest BCUT2D eigenvalue weighted by Crippen LogP contribution is -2.37. The number of nitrogens with zero attached hydrogens (tertiary/aromatic N) is 1. The van der Waals surface area contributed by atoms with Crippen LogP contribution in [0.3, 0.4) is 0 Å². The average Bonchev–Trinajstić information content (AvgIpc) is 3.34. The second kappa shape index (κ2) is 52.8. The van der Waals surface area contributed by atoms with Crippen LogP contribution in [0.5, 0.6) is 0 Å². The van der Waals surface area contributed by atoms with Gasteiger partial charge in [0, 0.05) is 12.8 Å². The molecule has 0 aromatic heterocycles. The fourth-order valence-corrected chi connectivity index (χ4v) is 8.38. The van der Waals surface area contributed by atoms with Crippen molar-refractivity contribution in [1.29, 1.82) is 0 Å². The topological polar surface area (TPSA) is 108 Å². The quantitative estimate of drug-likeness (QED) is 0.0211. The third-order valence-corrected chi connectivity index (χ3v) is 13.1. The van der Waals surface area contributed by atoms with Gasteiger partial charge in [0.1, 0.15) is 19.8 Å². The van der Waals surface area contributed by atoms with Crippen LogP contribution >= 0.6 is 7.82 Å². The Bertz CT molecular complexity index is 1540. The van der Waals surface area contributed by atoms with Gasteiger partial charge in [0.25, 0.3) is 0 Å². The van der Waals surface area contributed by atoms with E-state index in [0.717, 1.165) is 103 Å². The molecule has 2 unspecified atom stereocenters. The molecule has 0 amide bonds. The summed E-state index contributed by atoms with van der Waals surface area (Å²) in [6.07, 6.45) is 71.8. The number of phosphoric ester groups is 1. The van der Waals surface area contributed by atoms with Crippen LogP contribution in [0.25, 0.3) is 0 Å². The van der Waals surface area contributed by atoms with E-state index in [1.165, 1.54) is 96.3 Å². The maximum Gasteiger partial charge on any atom is 0.472 e. The van der Waals surface area contributed by atoms with Crippen LogP contribution < -0.4 is 0 Å². The number of unbranched alkanes of at least 4 members (excludes halogenated alkanes) is 22. The maximum atomic E-state index is 12.8. The normalized spacial score (nSPS) is 14.0. The third-order valence-electron chi connectivity index (χ3n) is 12.1. The fourth-order valence-electron chi connectivity index (χ4n) is 7.64. The zero-order chi connectivity index (χ0) is 52.7. The SMILES string of the molecule is CC/C=C\C/C=C\C/C=C\C/C=C\C/C=C\C/C=C\CCCCCCCCC(=O)OC(COC(=O)CCCCCCCCCCCCC/C=C\C/C=C\CCCCCCC)COP(=O)(O)OCC[N+](C)(C)C. The van der Waals surface area contributed by atoms with Gasteiger partial charge in [-0.05, 0) is 96.3 Å². The van der Waals surface area contributed by atoms with Gasteiger partial charge in [-0.1, -0.05) is 220 Å². The molecule has 0 rings (SSSR count). The molecule has 0 bridgehead atoms. The van der Waals surface area contributed by atoms with Gasteiger partial charge < -0.3 is 18.9 Å². The van der Waals surface area contributed by atoms with Crippen LogP contribution in [0.1, 0.15) is 232 Å². The molecule has 0 aliphatic rings. The molecule has 10 heteroatoms. The molecule has 0 aliphatic carbocycles. The zero-order valence-corrected chi connectivity index (χ0v) is 47.8. The second-order valence-corrected chi connectivity index (χ2v) is 21.7. The third kappa shape index (κ3) is 56.2. The van der Waals surface area contributed by atoms with E-state index in [0.29, 0.717) is 17.4 Å². The molecule has 0 heterocycles. The number of esters is 2. The predicted molar refractivity (Wildman–Crippen MR) is 307 cm³/mol. The Morgan fingerprint density at radius 1 is 0.444 bits per heavy atom. The maximum absolute atomic E-state index is 12.8. The summed E-state index contributed by atoms with van der Waals surface area (Å²) in [6, 6.07) is 0. The molecule has 0 aromatic rings. The molecule has 0 radical (unpaired) electrons. The lowest BCUT2D eigenvalue weighted by atomic mass is 10.0. The van der Waals surface area contributed by atoms with Crippen molar-refractivity contribution in [2.45, 2.75) is 238 Å². The molecule has 0 saturated carbocycles. The molecule has 0 saturated heterocycles. The summed E-state index contributed by atoms with van der Waals surface area (Å²) in [5.41, 5.74) is 0. The fraction of sp³-hybridized carbons (Fsp3) is 0.710. The van der Waals surface area contributed by atoms with Gasteiger partial charge in [0.2, 0.25) is 0 Å². The van der Waals surface area contributed by atoms with Crippen molar-refractivity contribution in [2.24, 2.45) is 0 Å². The molecular weight excluding hydrogens is 918 g/mol. The van der Waals surface area contributed by atoms with Crippen LogP contribution in [0.4, 0.5) is 0 Å². The number of quaternary nitrogens is 1. The number of phosphoric acid groups is 1. The lowest BCUT2D eigenvalue weighted by molar-refractivity contribution is -0.870. The Kier molecular flexibility index (Phi) is 50.5. The van der Waals surface area contributed by atoms with Crippen LogP contribution in [-0.4, -0.2) is 74.9 Å². The summed E-state index contributed by atoms with van der Waals surface area (Å²) in [5.74, 6) is -0.819. The summed E-state index contributed by atoms with van der Waals surface area (Å²) in [4.78, 5) is 35.7. The number of rotatable bonds is 52. The minimum absolute atomic E-state index is 0.0233. The predicted octanol–water partition coefficient (Wildman–Crippen LogP) is 18.0. The number of ether oxygens (including phenoxy) is 2. The van der Waals surface area contributed by atoms with Crippen LogP contribution in [0, 0.1) is 0 Å². The lowest BCUT2D eigenvalue weighted by Gasteiger charge is -2.24. The summed E-state index contributed by atoms with van der Waals surface area (Å²) >= 11 is 0. The summed E-state index contributed by atoms with van der Waals surface area (Å²) in [6.45, 7) is 4.29. The summed E-state index contributed by atoms with van der Waals surface area (Å²) in [7, 11) is 1.45. The van der Waals surface area contributed by atoms with Crippen LogP contribution in [0.15, 0.2) is 97.2 Å². The smallest absolute Gasteiger partial charge is 0.462 e. The van der Waals surface area contributed by atoms with Crippen LogP contribution in [-0.2, 0) is 32.7 Å². The van der Waals surface area contributed by atoms with Crippen molar-refractivity contribution >= 4 is 19.8 Å². The van der Waals surface area contributed by atoms with Crippen molar-refractivity contribution in [1.82, 2.24) is 0 Å². The monoisotopic (exact) mass is 1030 g/mol. The summed E-state index contributed by atoms with van der Waals surface area (Å²) in [5, 5.41) is 0. The molecule has 0 fully saturated rings. The van der Waals surface area contributed by atoms with E-state index in [1.54, 1.807) is 0 Å². The first kappa shape index (κ1) is 68.9. The number of carbonyl (C=O) groups excluding carboxylic acids is 2. The Labute approximate surface area is 443 Å². The minimum atomic E-state index is -4.40. The van der Waals surface area contributed by atoms with Gasteiger partial charge in [0.05, 0.1) is 27.7 Å². The number of carbonyl (C=O) groups is 2. The van der Waals surface area contributed by atoms with Crippen molar-refractivity contribution in [2.75, 3.05) is 47.5 Å². The Balaban J connectivity index is 4.24. The second-order valence-electron chi connectivity index (χ2n) is 20.3. The van der Waals surface area contributed by atoms with Gasteiger partial charge in [-0.15, -0.1) is 0 Å². The highest BCUT2D eigenvalue weighted by atomic mass is 31.2. The van der Waals surface area contributed by atoms with Crippen molar-refractivity contribution in [3.63, 3.8) is 0 Å². The van der Waals surface area contributed by atoms with E-state index in [2.05, 4.69) is 111 Å². The highest BCUT2D eigenvalue weighted by Crippen LogP contribution is 2.43. The van der Waals surface area contributed by atoms with Crippen molar-refractivity contribution in [3.8, 4) is 0 Å². The molecule has 0 aliphatic heterocycles. The van der Waals surface area contributed by atoms with Crippen molar-refractivity contribution in [3.05, 3.63) is 97.2 Å². The number of hydrogen-bond acceptors (Lipinski definition) is 7. The standard InChI is InChI=1S/C62H108NO8P/c1-6-8-10-12-14-16-18-20-22-24-26-28-30-31-33-35-37-39-41-43-45-47-49-51-53-55-62(65)71-60(59-70-72(66,67)69-57-56-63(3,4)5)58-68-61(64)54-52-50-48-46-44-42-40-38-36-34-32-29-27-25-23-21-19-17-15-13-11-9-7-2/h8,10,14,16,19-22,25-28,31,33,37,39,60H,6-7,9,11-13,15,17-18,23-24,29-30,32,34-36,38,40-59H2,1-5H3/p+1/b10-8-,16-14-,21-19-,22-20-,27-25-,28-26-,33-31-,39-37-. The molecule has 0 spiro atoms. The molecule has 72 heavy (non-hydrogen) atoms. The number of likely N-dealkylation sites (N-methyl/N-ethyl adjacent to an activating group) is 1. The first-order valence-electron chi connectivity index (χ1n) is 29.0. The van der Waals surface area contributed by atoms with Gasteiger partial charge >= 0.3 is 19.8 Å². The Morgan fingerprint density at radius 3 is 1.18 bits per heavy atom. The molecule has 414 valence electrons. The molecule has 0 aromatic carbocycles. The zero-order valence-electron chi connectivity index (χ0n) is 46.9. The van der Waals surface area contributed by atoms with E-state index in [-0.39, 0.29) is 32.0 Å².